The first-order chi connectivity index (χ1) is 16.9. The van der Waals surface area contributed by atoms with Crippen LogP contribution in [0.25, 0.3) is 17.2 Å². The lowest BCUT2D eigenvalue weighted by Crippen LogP contribution is -2.14. The maximum atomic E-state index is 14.9. The Morgan fingerprint density at radius 2 is 1.46 bits per heavy atom. The summed E-state index contributed by atoms with van der Waals surface area (Å²) in [6.07, 6.45) is 9.09. The minimum atomic E-state index is -0.848. The van der Waals surface area contributed by atoms with Crippen molar-refractivity contribution in [2.75, 3.05) is 0 Å². The smallest absolute Gasteiger partial charge is 0.167 e. The summed E-state index contributed by atoms with van der Waals surface area (Å²) in [6, 6.07) is 14.2. The molecule has 0 N–H and O–H groups in total. The van der Waals surface area contributed by atoms with E-state index in [0.29, 0.717) is 23.1 Å². The second-order valence-corrected chi connectivity index (χ2v) is 9.54. The number of hydrogen-bond acceptors (Lipinski definition) is 0. The number of hydrogen-bond donors (Lipinski definition) is 0. The number of benzene rings is 3. The van der Waals surface area contributed by atoms with E-state index in [1.54, 1.807) is 30.3 Å². The number of allylic oxidation sites excluding steroid dienone is 1. The van der Waals surface area contributed by atoms with E-state index in [0.717, 1.165) is 38.5 Å². The van der Waals surface area contributed by atoms with Crippen molar-refractivity contribution >= 4 is 6.08 Å². The highest BCUT2D eigenvalue weighted by Crippen LogP contribution is 2.38. The molecule has 4 heteroatoms. The quantitative estimate of drug-likeness (QED) is 0.296. The standard InChI is InChI=1S/C31H32F4/c1-3-5-20-6-11-23(12-7-20)27-19-17-25(29(33)31(27)35)15-10-21-8-13-24(14-9-21)26-18-16-22(4-2)28(32)30(26)34/h6-7,10-12,15-19,21,24H,3-5,8-9,13-14H2,1-2H3/b15-10+. The van der Waals surface area contributed by atoms with E-state index in [4.69, 9.17) is 0 Å². The van der Waals surface area contributed by atoms with Crippen molar-refractivity contribution in [2.24, 2.45) is 5.92 Å². The maximum absolute atomic E-state index is 14.9. The SMILES string of the molecule is CCCc1ccc(-c2ccc(/C=C/C3CCC(c4ccc(CC)c(F)c4F)CC3)c(F)c2F)cc1. The summed E-state index contributed by atoms with van der Waals surface area (Å²) in [5.41, 5.74) is 3.17. The van der Waals surface area contributed by atoms with Gasteiger partial charge in [0.05, 0.1) is 0 Å². The molecule has 4 rings (SSSR count). The van der Waals surface area contributed by atoms with Crippen LogP contribution in [0.5, 0.6) is 0 Å². The molecule has 1 aliphatic rings. The van der Waals surface area contributed by atoms with Gasteiger partial charge in [0.2, 0.25) is 0 Å². The van der Waals surface area contributed by atoms with Gasteiger partial charge in [-0.25, -0.2) is 17.6 Å². The van der Waals surface area contributed by atoms with Crippen LogP contribution in [0.2, 0.25) is 0 Å². The van der Waals surface area contributed by atoms with E-state index < -0.39 is 23.3 Å². The predicted molar refractivity (Wildman–Crippen MR) is 135 cm³/mol. The Labute approximate surface area is 205 Å². The zero-order valence-corrected chi connectivity index (χ0v) is 20.4. The van der Waals surface area contributed by atoms with Crippen molar-refractivity contribution < 1.29 is 17.6 Å². The lowest BCUT2D eigenvalue weighted by Gasteiger charge is -2.27. The fourth-order valence-corrected chi connectivity index (χ4v) is 5.11. The first kappa shape index (κ1) is 25.2. The van der Waals surface area contributed by atoms with Crippen molar-refractivity contribution in [1.82, 2.24) is 0 Å². The highest BCUT2D eigenvalue weighted by Gasteiger charge is 2.25. The maximum Gasteiger partial charge on any atom is 0.167 e. The van der Waals surface area contributed by atoms with Gasteiger partial charge in [-0.3, -0.25) is 0 Å². The number of rotatable bonds is 7. The minimum Gasteiger partial charge on any atom is -0.203 e. The number of halogens is 4. The van der Waals surface area contributed by atoms with Crippen LogP contribution in [0.3, 0.4) is 0 Å². The molecule has 0 aromatic heterocycles. The Kier molecular flexibility index (Phi) is 8.10. The van der Waals surface area contributed by atoms with E-state index in [1.807, 2.05) is 37.3 Å². The van der Waals surface area contributed by atoms with Crippen molar-refractivity contribution in [1.29, 1.82) is 0 Å². The van der Waals surface area contributed by atoms with Gasteiger partial charge in [-0.05, 0) is 72.6 Å². The van der Waals surface area contributed by atoms with E-state index in [-0.39, 0.29) is 23.0 Å². The Balaban J connectivity index is 1.42. The predicted octanol–water partition coefficient (Wildman–Crippen LogP) is 9.41. The summed E-state index contributed by atoms with van der Waals surface area (Å²) in [5.74, 6) is -2.96. The molecule has 0 amide bonds. The molecular weight excluding hydrogens is 448 g/mol. The topological polar surface area (TPSA) is 0 Å². The molecule has 0 spiro atoms. The van der Waals surface area contributed by atoms with E-state index in [9.17, 15) is 17.6 Å². The first-order valence-electron chi connectivity index (χ1n) is 12.6. The average Bonchev–Trinajstić information content (AvgIpc) is 2.88. The summed E-state index contributed by atoms with van der Waals surface area (Å²) in [5, 5.41) is 0. The fraction of sp³-hybridized carbons (Fsp3) is 0.355. The largest absolute Gasteiger partial charge is 0.203 e. The molecule has 3 aromatic carbocycles. The second-order valence-electron chi connectivity index (χ2n) is 9.54. The van der Waals surface area contributed by atoms with Crippen LogP contribution in [-0.2, 0) is 12.8 Å². The van der Waals surface area contributed by atoms with Crippen molar-refractivity contribution in [3.8, 4) is 11.1 Å². The molecule has 35 heavy (non-hydrogen) atoms. The van der Waals surface area contributed by atoms with Crippen molar-refractivity contribution in [3.05, 3.63) is 100 Å². The zero-order valence-electron chi connectivity index (χ0n) is 20.4. The molecule has 0 atom stereocenters. The molecule has 0 radical (unpaired) electrons. The van der Waals surface area contributed by atoms with Gasteiger partial charge in [-0.15, -0.1) is 0 Å². The van der Waals surface area contributed by atoms with Gasteiger partial charge in [0.25, 0.3) is 0 Å². The summed E-state index contributed by atoms with van der Waals surface area (Å²) in [7, 11) is 0. The van der Waals surface area contributed by atoms with Gasteiger partial charge in [-0.2, -0.15) is 0 Å². The normalized spacial score (nSPS) is 18.3. The summed E-state index contributed by atoms with van der Waals surface area (Å²) in [4.78, 5) is 0. The second kappa shape index (κ2) is 11.2. The summed E-state index contributed by atoms with van der Waals surface area (Å²) in [6.45, 7) is 3.91. The molecule has 0 unspecified atom stereocenters. The Bertz CT molecular complexity index is 1190. The molecule has 0 heterocycles. The molecule has 0 aliphatic heterocycles. The van der Waals surface area contributed by atoms with Gasteiger partial charge < -0.3 is 0 Å². The van der Waals surface area contributed by atoms with Gasteiger partial charge in [0.15, 0.2) is 23.3 Å². The van der Waals surface area contributed by atoms with Gasteiger partial charge in [-0.1, -0.05) is 81.0 Å². The van der Waals surface area contributed by atoms with Crippen LogP contribution < -0.4 is 0 Å². The first-order valence-corrected chi connectivity index (χ1v) is 12.6. The third kappa shape index (κ3) is 5.52. The Hall–Kier alpha value is -2.88. The molecule has 0 saturated heterocycles. The van der Waals surface area contributed by atoms with Crippen LogP contribution >= 0.6 is 0 Å². The molecule has 184 valence electrons. The molecule has 3 aromatic rings. The van der Waals surface area contributed by atoms with E-state index in [2.05, 4.69) is 6.92 Å². The fourth-order valence-electron chi connectivity index (χ4n) is 5.11. The third-order valence-corrected chi connectivity index (χ3v) is 7.25. The molecule has 1 aliphatic carbocycles. The highest BCUT2D eigenvalue weighted by molar-refractivity contribution is 5.67. The van der Waals surface area contributed by atoms with E-state index in [1.165, 1.54) is 5.56 Å². The highest BCUT2D eigenvalue weighted by atomic mass is 19.2. The van der Waals surface area contributed by atoms with Crippen LogP contribution in [-0.4, -0.2) is 0 Å². The van der Waals surface area contributed by atoms with Gasteiger partial charge >= 0.3 is 0 Å². The minimum absolute atomic E-state index is 0.0164. The average molecular weight is 481 g/mol. The van der Waals surface area contributed by atoms with Gasteiger partial charge in [0, 0.05) is 11.1 Å². The van der Waals surface area contributed by atoms with E-state index >= 15 is 0 Å². The molecule has 0 bridgehead atoms. The zero-order chi connectivity index (χ0) is 24.9. The lowest BCUT2D eigenvalue weighted by atomic mass is 9.78. The monoisotopic (exact) mass is 480 g/mol. The molecule has 1 fully saturated rings. The lowest BCUT2D eigenvalue weighted by molar-refractivity contribution is 0.364. The molecule has 0 nitrogen and oxygen atoms in total. The van der Waals surface area contributed by atoms with Crippen molar-refractivity contribution in [2.45, 2.75) is 64.7 Å². The summed E-state index contributed by atoms with van der Waals surface area (Å²) >= 11 is 0. The summed E-state index contributed by atoms with van der Waals surface area (Å²) < 4.78 is 58.4. The third-order valence-electron chi connectivity index (χ3n) is 7.25. The van der Waals surface area contributed by atoms with Crippen molar-refractivity contribution in [3.63, 3.8) is 0 Å². The van der Waals surface area contributed by atoms with Crippen LogP contribution in [0.1, 0.15) is 74.1 Å². The van der Waals surface area contributed by atoms with Gasteiger partial charge in [0.1, 0.15) is 0 Å². The molecular formula is C31H32F4. The molecule has 1 saturated carbocycles. The Morgan fingerprint density at radius 3 is 2.11 bits per heavy atom. The number of aryl methyl sites for hydroxylation is 2. The Morgan fingerprint density at radius 1 is 0.743 bits per heavy atom. The van der Waals surface area contributed by atoms with Crippen LogP contribution in [0.15, 0.2) is 54.6 Å². The van der Waals surface area contributed by atoms with Crippen LogP contribution in [0.4, 0.5) is 17.6 Å². The van der Waals surface area contributed by atoms with Crippen LogP contribution in [0, 0.1) is 29.2 Å².